The van der Waals surface area contributed by atoms with Crippen LogP contribution in [0, 0.1) is 0 Å². The van der Waals surface area contributed by atoms with Gasteiger partial charge in [-0.2, -0.15) is 0 Å². The summed E-state index contributed by atoms with van der Waals surface area (Å²) >= 11 is 0. The minimum absolute atomic E-state index is 0.152. The van der Waals surface area contributed by atoms with E-state index in [9.17, 15) is 4.79 Å². The summed E-state index contributed by atoms with van der Waals surface area (Å²) in [6, 6.07) is -0.201. The van der Waals surface area contributed by atoms with E-state index in [1.165, 1.54) is 0 Å². The van der Waals surface area contributed by atoms with Gasteiger partial charge >= 0.3 is 5.97 Å². The molecule has 0 spiro atoms. The lowest BCUT2D eigenvalue weighted by Crippen LogP contribution is -2.45. The third-order valence-corrected chi connectivity index (χ3v) is 3.33. The number of nitrogens with zero attached hydrogens (tertiary/aromatic N) is 1. The number of nitrogens with one attached hydrogen (secondary N) is 1. The summed E-state index contributed by atoms with van der Waals surface area (Å²) in [6.07, 6.45) is 2.17. The highest BCUT2D eigenvalue weighted by atomic mass is 16.5. The van der Waals surface area contributed by atoms with Crippen LogP contribution in [0.25, 0.3) is 0 Å². The highest BCUT2D eigenvalue weighted by molar-refractivity contribution is 5.75. The molecule has 1 aliphatic heterocycles. The van der Waals surface area contributed by atoms with Gasteiger partial charge in [0.2, 0.25) is 0 Å². The van der Waals surface area contributed by atoms with Crippen LogP contribution in [0.4, 0.5) is 0 Å². The van der Waals surface area contributed by atoms with Crippen molar-refractivity contribution in [2.45, 2.75) is 38.8 Å². The predicted molar refractivity (Wildman–Crippen MR) is 70.6 cm³/mol. The predicted octanol–water partition coefficient (Wildman–Crippen LogP) is 0.638. The molecule has 1 saturated heterocycles. The first-order chi connectivity index (χ1) is 8.71. The van der Waals surface area contributed by atoms with Gasteiger partial charge in [-0.25, -0.2) is 0 Å². The molecule has 0 aromatic heterocycles. The molecule has 106 valence electrons. The number of likely N-dealkylation sites (N-methyl/N-ethyl adjacent to an activating group) is 1. The number of hydrogen-bond acceptors (Lipinski definition) is 5. The largest absolute Gasteiger partial charge is 0.465 e. The van der Waals surface area contributed by atoms with E-state index >= 15 is 0 Å². The molecule has 18 heavy (non-hydrogen) atoms. The molecule has 2 atom stereocenters. The minimum Gasteiger partial charge on any atom is -0.465 e. The molecular weight excluding hydrogens is 232 g/mol. The fourth-order valence-electron chi connectivity index (χ4n) is 2.17. The molecule has 0 amide bonds. The molecule has 0 saturated carbocycles. The molecule has 5 nitrogen and oxygen atoms in total. The Hall–Kier alpha value is -0.650. The van der Waals surface area contributed by atoms with Gasteiger partial charge in [0, 0.05) is 19.6 Å². The highest BCUT2D eigenvalue weighted by Crippen LogP contribution is 2.09. The number of rotatable bonds is 7. The number of carbonyl (C=O) groups is 1. The number of ether oxygens (including phenoxy) is 2. The molecule has 0 radical (unpaired) electrons. The van der Waals surface area contributed by atoms with E-state index in [4.69, 9.17) is 9.47 Å². The zero-order valence-corrected chi connectivity index (χ0v) is 11.8. The van der Waals surface area contributed by atoms with Gasteiger partial charge in [-0.3, -0.25) is 9.69 Å². The number of morpholine rings is 1. The van der Waals surface area contributed by atoms with E-state index in [0.717, 1.165) is 39.1 Å². The Kier molecular flexibility index (Phi) is 7.23. The van der Waals surface area contributed by atoms with Gasteiger partial charge in [0.05, 0.1) is 19.3 Å². The zero-order chi connectivity index (χ0) is 13.4. The molecule has 0 aliphatic carbocycles. The van der Waals surface area contributed by atoms with Crippen molar-refractivity contribution in [3.05, 3.63) is 0 Å². The van der Waals surface area contributed by atoms with Crippen molar-refractivity contribution in [3.63, 3.8) is 0 Å². The van der Waals surface area contributed by atoms with Crippen molar-refractivity contribution < 1.29 is 14.3 Å². The van der Waals surface area contributed by atoms with Crippen LogP contribution in [0.3, 0.4) is 0 Å². The van der Waals surface area contributed by atoms with Gasteiger partial charge in [0.1, 0.15) is 6.04 Å². The van der Waals surface area contributed by atoms with Crippen molar-refractivity contribution in [2.75, 3.05) is 39.9 Å². The summed E-state index contributed by atoms with van der Waals surface area (Å²) < 4.78 is 10.7. The quantitative estimate of drug-likeness (QED) is 0.679. The monoisotopic (exact) mass is 258 g/mol. The second-order valence-electron chi connectivity index (χ2n) is 4.58. The van der Waals surface area contributed by atoms with Gasteiger partial charge in [0.15, 0.2) is 0 Å². The maximum absolute atomic E-state index is 11.6. The lowest BCUT2D eigenvalue weighted by molar-refractivity contribution is -0.145. The first-order valence-electron chi connectivity index (χ1n) is 6.89. The van der Waals surface area contributed by atoms with Crippen molar-refractivity contribution >= 4 is 5.97 Å². The first kappa shape index (κ1) is 15.4. The molecule has 0 aromatic rings. The van der Waals surface area contributed by atoms with Crippen molar-refractivity contribution in [3.8, 4) is 0 Å². The van der Waals surface area contributed by atoms with E-state index < -0.39 is 0 Å². The molecule has 0 bridgehead atoms. The Balaban J connectivity index is 2.31. The summed E-state index contributed by atoms with van der Waals surface area (Å²) in [7, 11) is 1.80. The summed E-state index contributed by atoms with van der Waals surface area (Å²) in [5.74, 6) is -0.152. The van der Waals surface area contributed by atoms with Crippen LogP contribution >= 0.6 is 0 Å². The number of hydrogen-bond donors (Lipinski definition) is 1. The lowest BCUT2D eigenvalue weighted by Gasteiger charge is -2.33. The van der Waals surface area contributed by atoms with Gasteiger partial charge in [-0.1, -0.05) is 6.92 Å². The molecular formula is C13H26N2O3. The molecule has 1 heterocycles. The SMILES string of the molecule is CCOC(=O)C(CCN1CCOC(CC)C1)NC. The zero-order valence-electron chi connectivity index (χ0n) is 11.8. The van der Waals surface area contributed by atoms with Gasteiger partial charge in [-0.15, -0.1) is 0 Å². The van der Waals surface area contributed by atoms with E-state index in [-0.39, 0.29) is 12.0 Å². The minimum atomic E-state index is -0.201. The lowest BCUT2D eigenvalue weighted by atomic mass is 10.1. The Morgan fingerprint density at radius 3 is 2.94 bits per heavy atom. The van der Waals surface area contributed by atoms with Crippen molar-refractivity contribution in [1.82, 2.24) is 10.2 Å². The summed E-state index contributed by atoms with van der Waals surface area (Å²) in [4.78, 5) is 14.0. The van der Waals surface area contributed by atoms with Crippen LogP contribution in [-0.4, -0.2) is 62.9 Å². The smallest absolute Gasteiger partial charge is 0.323 e. The van der Waals surface area contributed by atoms with E-state index in [2.05, 4.69) is 17.1 Å². The Morgan fingerprint density at radius 2 is 2.33 bits per heavy atom. The highest BCUT2D eigenvalue weighted by Gasteiger charge is 2.22. The molecule has 1 N–H and O–H groups in total. The number of carbonyl (C=O) groups excluding carboxylic acids is 1. The standard InChI is InChI=1S/C13H26N2O3/c1-4-11-10-15(8-9-18-11)7-6-12(14-3)13(16)17-5-2/h11-12,14H,4-10H2,1-3H3. The topological polar surface area (TPSA) is 50.8 Å². The van der Waals surface area contributed by atoms with Crippen molar-refractivity contribution in [2.24, 2.45) is 0 Å². The fraction of sp³-hybridized carbons (Fsp3) is 0.923. The van der Waals surface area contributed by atoms with Crippen LogP contribution in [0.1, 0.15) is 26.7 Å². The molecule has 1 fully saturated rings. The number of esters is 1. The second-order valence-corrected chi connectivity index (χ2v) is 4.58. The average molecular weight is 258 g/mol. The second kappa shape index (κ2) is 8.45. The maximum atomic E-state index is 11.6. The molecule has 1 aliphatic rings. The average Bonchev–Trinajstić information content (AvgIpc) is 2.40. The summed E-state index contributed by atoms with van der Waals surface area (Å²) in [5, 5.41) is 3.02. The van der Waals surface area contributed by atoms with E-state index in [1.807, 2.05) is 6.92 Å². The maximum Gasteiger partial charge on any atom is 0.323 e. The van der Waals surface area contributed by atoms with Crippen LogP contribution in [0.5, 0.6) is 0 Å². The summed E-state index contributed by atoms with van der Waals surface area (Å²) in [5.41, 5.74) is 0. The molecule has 2 unspecified atom stereocenters. The van der Waals surface area contributed by atoms with Crippen LogP contribution < -0.4 is 5.32 Å². The van der Waals surface area contributed by atoms with Gasteiger partial charge < -0.3 is 14.8 Å². The Bertz CT molecular complexity index is 248. The van der Waals surface area contributed by atoms with Crippen LogP contribution in [0.15, 0.2) is 0 Å². The van der Waals surface area contributed by atoms with Gasteiger partial charge in [-0.05, 0) is 26.8 Å². The molecule has 1 rings (SSSR count). The van der Waals surface area contributed by atoms with E-state index in [1.54, 1.807) is 7.05 Å². The molecule has 0 aromatic carbocycles. The van der Waals surface area contributed by atoms with Crippen LogP contribution in [0.2, 0.25) is 0 Å². The Morgan fingerprint density at radius 1 is 1.56 bits per heavy atom. The first-order valence-corrected chi connectivity index (χ1v) is 6.89. The van der Waals surface area contributed by atoms with Gasteiger partial charge in [0.25, 0.3) is 0 Å². The Labute approximate surface area is 110 Å². The molecule has 5 heteroatoms. The third-order valence-electron chi connectivity index (χ3n) is 3.33. The van der Waals surface area contributed by atoms with E-state index in [0.29, 0.717) is 12.7 Å². The van der Waals surface area contributed by atoms with Crippen molar-refractivity contribution in [1.29, 1.82) is 0 Å². The third kappa shape index (κ3) is 4.92. The normalized spacial score (nSPS) is 22.7. The van der Waals surface area contributed by atoms with Crippen LogP contribution in [-0.2, 0) is 14.3 Å². The fourth-order valence-corrected chi connectivity index (χ4v) is 2.17. The summed E-state index contributed by atoms with van der Waals surface area (Å²) in [6.45, 7) is 8.03.